The summed E-state index contributed by atoms with van der Waals surface area (Å²) in [6, 6.07) is 0. The number of aryl methyl sites for hydroxylation is 1. The Bertz CT molecular complexity index is 525. The summed E-state index contributed by atoms with van der Waals surface area (Å²) in [7, 11) is 2.02. The van der Waals surface area contributed by atoms with E-state index in [0.29, 0.717) is 0 Å². The van der Waals surface area contributed by atoms with Gasteiger partial charge in [-0.15, -0.1) is 11.3 Å². The maximum atomic E-state index is 4.56. The molecule has 2 rings (SSSR count). The zero-order chi connectivity index (χ0) is 13.7. The third kappa shape index (κ3) is 3.64. The number of anilines is 2. The van der Waals surface area contributed by atoms with Crippen molar-refractivity contribution in [2.45, 2.75) is 26.8 Å². The normalized spacial score (nSPS) is 10.5. The maximum Gasteiger partial charge on any atom is 0.149 e. The number of nitrogens with one attached hydrogen (secondary N) is 1. The number of nitrogens with zero attached hydrogens (tertiary/aromatic N) is 4. The zero-order valence-electron chi connectivity index (χ0n) is 11.6. The summed E-state index contributed by atoms with van der Waals surface area (Å²) in [5, 5.41) is 3.25. The number of aromatic nitrogens is 3. The zero-order valence-corrected chi connectivity index (χ0v) is 12.4. The minimum Gasteiger partial charge on any atom is -0.369 e. The molecule has 0 spiro atoms. The highest BCUT2D eigenvalue weighted by atomic mass is 32.1. The van der Waals surface area contributed by atoms with Crippen LogP contribution in [0, 0.1) is 6.92 Å². The second-order valence-electron chi connectivity index (χ2n) is 4.41. The molecule has 0 saturated heterocycles. The van der Waals surface area contributed by atoms with Crippen molar-refractivity contribution < 1.29 is 0 Å². The fourth-order valence-electron chi connectivity index (χ4n) is 1.65. The number of rotatable bonds is 6. The number of hydrogen-bond acceptors (Lipinski definition) is 6. The van der Waals surface area contributed by atoms with Gasteiger partial charge in [-0.25, -0.2) is 9.97 Å². The van der Waals surface area contributed by atoms with Gasteiger partial charge in [0.2, 0.25) is 0 Å². The van der Waals surface area contributed by atoms with E-state index in [9.17, 15) is 0 Å². The fraction of sp³-hybridized carbons (Fsp3) is 0.462. The van der Waals surface area contributed by atoms with E-state index in [2.05, 4.69) is 32.1 Å². The van der Waals surface area contributed by atoms with Gasteiger partial charge < -0.3 is 10.2 Å². The fourth-order valence-corrected chi connectivity index (χ4v) is 2.48. The molecule has 0 aliphatic heterocycles. The summed E-state index contributed by atoms with van der Waals surface area (Å²) >= 11 is 1.67. The first-order valence-electron chi connectivity index (χ1n) is 6.36. The van der Waals surface area contributed by atoms with E-state index in [1.165, 1.54) is 4.88 Å². The van der Waals surface area contributed by atoms with Crippen molar-refractivity contribution in [2.24, 2.45) is 0 Å². The minimum absolute atomic E-state index is 0.808. The molecule has 0 radical (unpaired) electrons. The first-order chi connectivity index (χ1) is 9.20. The van der Waals surface area contributed by atoms with E-state index in [1.54, 1.807) is 23.7 Å². The van der Waals surface area contributed by atoms with Crippen LogP contribution in [0.1, 0.15) is 23.9 Å². The molecule has 0 aromatic carbocycles. The molecule has 5 nitrogen and oxygen atoms in total. The van der Waals surface area contributed by atoms with Gasteiger partial charge in [0.05, 0.1) is 30.1 Å². The maximum absolute atomic E-state index is 4.56. The Morgan fingerprint density at radius 3 is 2.89 bits per heavy atom. The molecule has 0 unspecified atom stereocenters. The van der Waals surface area contributed by atoms with Crippen molar-refractivity contribution in [3.63, 3.8) is 0 Å². The van der Waals surface area contributed by atoms with Crippen molar-refractivity contribution in [3.8, 4) is 0 Å². The van der Waals surface area contributed by atoms with Crippen molar-refractivity contribution in [3.05, 3.63) is 28.5 Å². The molecule has 0 bridgehead atoms. The third-order valence-corrected chi connectivity index (χ3v) is 3.71. The molecule has 0 aliphatic carbocycles. The lowest BCUT2D eigenvalue weighted by atomic mass is 10.3. The molecule has 0 aliphatic rings. The highest BCUT2D eigenvalue weighted by molar-refractivity contribution is 7.09. The molecule has 1 N–H and O–H groups in total. The van der Waals surface area contributed by atoms with Gasteiger partial charge in [-0.3, -0.25) is 4.98 Å². The highest BCUT2D eigenvalue weighted by Crippen LogP contribution is 2.18. The molecule has 2 aromatic rings. The van der Waals surface area contributed by atoms with E-state index in [0.717, 1.165) is 36.8 Å². The first kappa shape index (κ1) is 13.7. The van der Waals surface area contributed by atoms with E-state index < -0.39 is 0 Å². The molecule has 0 amide bonds. The van der Waals surface area contributed by atoms with Crippen molar-refractivity contribution in [1.82, 2.24) is 15.0 Å². The van der Waals surface area contributed by atoms with Gasteiger partial charge in [0.1, 0.15) is 11.6 Å². The molecule has 19 heavy (non-hydrogen) atoms. The third-order valence-electron chi connectivity index (χ3n) is 2.79. The van der Waals surface area contributed by atoms with Crippen molar-refractivity contribution >= 4 is 23.0 Å². The predicted octanol–water partition coefficient (Wildman–Crippen LogP) is 2.70. The highest BCUT2D eigenvalue weighted by Gasteiger charge is 2.08. The van der Waals surface area contributed by atoms with E-state index >= 15 is 0 Å². The first-order valence-corrected chi connectivity index (χ1v) is 7.24. The van der Waals surface area contributed by atoms with Crippen LogP contribution in [0.2, 0.25) is 0 Å². The molecule has 2 aromatic heterocycles. The Kier molecular flexibility index (Phi) is 4.68. The van der Waals surface area contributed by atoms with E-state index in [1.807, 2.05) is 19.5 Å². The molecule has 0 atom stereocenters. The van der Waals surface area contributed by atoms with Gasteiger partial charge in [-0.2, -0.15) is 0 Å². The lowest BCUT2D eigenvalue weighted by Crippen LogP contribution is -2.18. The van der Waals surface area contributed by atoms with E-state index in [-0.39, 0.29) is 0 Å². The Labute approximate surface area is 117 Å². The van der Waals surface area contributed by atoms with Crippen LogP contribution in [0.4, 0.5) is 11.6 Å². The smallest absolute Gasteiger partial charge is 0.149 e. The number of hydrogen-bond donors (Lipinski definition) is 1. The summed E-state index contributed by atoms with van der Waals surface area (Å²) in [5.41, 5.74) is 2.97. The molecular weight excluding hydrogens is 258 g/mol. The Hall–Kier alpha value is -1.69. The largest absolute Gasteiger partial charge is 0.369 e. The second-order valence-corrected chi connectivity index (χ2v) is 5.35. The Morgan fingerprint density at radius 1 is 1.37 bits per heavy atom. The average Bonchev–Trinajstić information content (AvgIpc) is 2.82. The summed E-state index contributed by atoms with van der Waals surface area (Å²) in [4.78, 5) is 16.4. The second kappa shape index (κ2) is 6.47. The van der Waals surface area contributed by atoms with Gasteiger partial charge >= 0.3 is 0 Å². The average molecular weight is 277 g/mol. The standard InChI is InChI=1S/C13H19N5S/c1-4-5-15-12-6-14-7-13(17-12)18(3)8-11-10(2)16-9-19-11/h6-7,9H,4-5,8H2,1-3H3,(H,15,17). The molecular formula is C13H19N5S. The summed E-state index contributed by atoms with van der Waals surface area (Å²) in [6.45, 7) is 5.88. The molecule has 2 heterocycles. The van der Waals surface area contributed by atoms with Crippen LogP contribution in [0.5, 0.6) is 0 Å². The quantitative estimate of drug-likeness (QED) is 0.880. The van der Waals surface area contributed by atoms with Crippen molar-refractivity contribution in [2.75, 3.05) is 23.8 Å². The lowest BCUT2D eigenvalue weighted by Gasteiger charge is -2.17. The molecule has 6 heteroatoms. The van der Waals surface area contributed by atoms with Crippen LogP contribution in [0.25, 0.3) is 0 Å². The van der Waals surface area contributed by atoms with Crippen LogP contribution in [-0.2, 0) is 6.54 Å². The van der Waals surface area contributed by atoms with Gasteiger partial charge in [0.15, 0.2) is 0 Å². The van der Waals surface area contributed by atoms with Gasteiger partial charge in [-0.05, 0) is 13.3 Å². The summed E-state index contributed by atoms with van der Waals surface area (Å²) < 4.78 is 0. The van der Waals surface area contributed by atoms with Crippen LogP contribution in [0.3, 0.4) is 0 Å². The topological polar surface area (TPSA) is 53.9 Å². The van der Waals surface area contributed by atoms with Gasteiger partial charge in [0.25, 0.3) is 0 Å². The van der Waals surface area contributed by atoms with Crippen LogP contribution < -0.4 is 10.2 Å². The molecule has 102 valence electrons. The van der Waals surface area contributed by atoms with Gasteiger partial charge in [0, 0.05) is 18.5 Å². The van der Waals surface area contributed by atoms with Gasteiger partial charge in [-0.1, -0.05) is 6.92 Å². The minimum atomic E-state index is 0.808. The monoisotopic (exact) mass is 277 g/mol. The van der Waals surface area contributed by atoms with Crippen LogP contribution >= 0.6 is 11.3 Å². The predicted molar refractivity (Wildman–Crippen MR) is 79.8 cm³/mol. The Morgan fingerprint density at radius 2 is 2.21 bits per heavy atom. The number of thiazole rings is 1. The van der Waals surface area contributed by atoms with Crippen LogP contribution in [-0.4, -0.2) is 28.5 Å². The SMILES string of the molecule is CCCNc1cncc(N(C)Cc2scnc2C)n1. The van der Waals surface area contributed by atoms with Crippen LogP contribution in [0.15, 0.2) is 17.9 Å². The molecule has 0 fully saturated rings. The summed E-state index contributed by atoms with van der Waals surface area (Å²) in [6.07, 6.45) is 4.61. The summed E-state index contributed by atoms with van der Waals surface area (Å²) in [5.74, 6) is 1.70. The van der Waals surface area contributed by atoms with E-state index in [4.69, 9.17) is 0 Å². The molecule has 0 saturated carbocycles. The Balaban J connectivity index is 2.06. The van der Waals surface area contributed by atoms with Crippen molar-refractivity contribution in [1.29, 1.82) is 0 Å². The lowest BCUT2D eigenvalue weighted by molar-refractivity contribution is 0.888.